The van der Waals surface area contributed by atoms with Gasteiger partial charge < -0.3 is 30.5 Å². The highest BCUT2D eigenvalue weighted by atomic mass is 28.4. The van der Waals surface area contributed by atoms with Crippen molar-refractivity contribution in [3.8, 4) is 0 Å². The summed E-state index contributed by atoms with van der Waals surface area (Å²) in [5.74, 6) is -1.20. The lowest BCUT2D eigenvalue weighted by molar-refractivity contribution is 0.0690. The number of hydrogen-bond donors (Lipinski definition) is 3. The minimum Gasteiger partial charge on any atom is -0.374 e. The summed E-state index contributed by atoms with van der Waals surface area (Å²) < 4.78 is 16.9. The summed E-state index contributed by atoms with van der Waals surface area (Å²) in [5, 5.41) is 0. The monoisotopic (exact) mass is 251 g/mol. The molecule has 0 heterocycles. The van der Waals surface area contributed by atoms with Crippen LogP contribution in [-0.4, -0.2) is 34.4 Å². The van der Waals surface area contributed by atoms with Gasteiger partial charge in [-0.1, -0.05) is 0 Å². The largest absolute Gasteiger partial charge is 0.501 e. The van der Waals surface area contributed by atoms with Crippen LogP contribution in [0.1, 0.15) is 27.2 Å². The average molecular weight is 251 g/mol. The fourth-order valence-electron chi connectivity index (χ4n) is 1.37. The zero-order valence-corrected chi connectivity index (χ0v) is 11.5. The predicted octanol–water partition coefficient (Wildman–Crippen LogP) is -0.0452. The Labute approximate surface area is 98.8 Å². The van der Waals surface area contributed by atoms with Crippen molar-refractivity contribution in [3.05, 3.63) is 0 Å². The summed E-state index contributed by atoms with van der Waals surface area (Å²) in [4.78, 5) is 0. The molecule has 0 atom stereocenters. The van der Waals surface area contributed by atoms with Gasteiger partial charge in [0.2, 0.25) is 0 Å². The third-order valence-corrected chi connectivity index (χ3v) is 5.00. The maximum atomic E-state index is 5.63. The topological polar surface area (TPSA) is 106 Å². The second kappa shape index (κ2) is 7.33. The third-order valence-electron chi connectivity index (χ3n) is 1.96. The average Bonchev–Trinajstić information content (AvgIpc) is 2.15. The summed E-state index contributed by atoms with van der Waals surface area (Å²) in [5.41, 5.74) is 16.6. The van der Waals surface area contributed by atoms with Gasteiger partial charge in [0.15, 0.2) is 0 Å². The van der Waals surface area contributed by atoms with E-state index in [0.717, 1.165) is 0 Å². The molecule has 0 rings (SSSR count). The molecule has 0 fully saturated rings. The van der Waals surface area contributed by atoms with Crippen LogP contribution in [0.3, 0.4) is 0 Å². The SMILES string of the molecule is CCO[Si](CCC(N)(N)N)(OCC)OCC. The summed E-state index contributed by atoms with van der Waals surface area (Å²) in [6.45, 7) is 7.33. The van der Waals surface area contributed by atoms with Gasteiger partial charge in [0, 0.05) is 25.9 Å². The standard InChI is InChI=1S/C9H25N3O3Si/c1-4-13-16(14-5-2,15-6-3)8-7-9(10,11)12/h4-8,10-12H2,1-3H3. The van der Waals surface area contributed by atoms with Crippen LogP contribution in [0.2, 0.25) is 6.04 Å². The smallest absolute Gasteiger partial charge is 0.374 e. The Kier molecular flexibility index (Phi) is 7.32. The van der Waals surface area contributed by atoms with E-state index in [0.29, 0.717) is 32.3 Å². The normalized spacial score (nSPS) is 13.1. The molecule has 0 saturated heterocycles. The van der Waals surface area contributed by atoms with Gasteiger partial charge in [0.05, 0.1) is 0 Å². The highest BCUT2D eigenvalue weighted by Gasteiger charge is 2.41. The Morgan fingerprint density at radius 1 is 0.875 bits per heavy atom. The van der Waals surface area contributed by atoms with E-state index < -0.39 is 14.6 Å². The number of hydrogen-bond acceptors (Lipinski definition) is 6. The fourth-order valence-corrected chi connectivity index (χ4v) is 4.11. The van der Waals surface area contributed by atoms with E-state index in [1.54, 1.807) is 0 Å². The van der Waals surface area contributed by atoms with E-state index in [1.165, 1.54) is 0 Å². The molecule has 0 unspecified atom stereocenters. The minimum atomic E-state index is -2.65. The highest BCUT2D eigenvalue weighted by molar-refractivity contribution is 6.60. The lowest BCUT2D eigenvalue weighted by Gasteiger charge is -2.30. The van der Waals surface area contributed by atoms with Gasteiger partial charge >= 0.3 is 8.80 Å². The Morgan fingerprint density at radius 2 is 1.25 bits per heavy atom. The molecule has 7 heteroatoms. The van der Waals surface area contributed by atoms with Gasteiger partial charge in [-0.05, 0) is 27.2 Å². The van der Waals surface area contributed by atoms with Crippen LogP contribution in [0.25, 0.3) is 0 Å². The van der Waals surface area contributed by atoms with Gasteiger partial charge in [-0.15, -0.1) is 0 Å². The molecule has 0 bridgehead atoms. The number of rotatable bonds is 9. The first-order chi connectivity index (χ1) is 7.39. The molecule has 0 aromatic carbocycles. The molecule has 0 aromatic rings. The van der Waals surface area contributed by atoms with E-state index in [4.69, 9.17) is 30.5 Å². The molecule has 0 aromatic heterocycles. The quantitative estimate of drug-likeness (QED) is 0.392. The first-order valence-corrected chi connectivity index (χ1v) is 7.60. The number of nitrogens with two attached hydrogens (primary N) is 3. The molecule has 0 amide bonds. The summed E-state index contributed by atoms with van der Waals surface area (Å²) in [6, 6.07) is 0.534. The zero-order valence-electron chi connectivity index (χ0n) is 10.5. The molecular formula is C9H25N3O3Si. The first kappa shape index (κ1) is 16.0. The molecule has 98 valence electrons. The molecular weight excluding hydrogens is 226 g/mol. The van der Waals surface area contributed by atoms with Gasteiger partial charge in [0.25, 0.3) is 0 Å². The van der Waals surface area contributed by atoms with Crippen LogP contribution >= 0.6 is 0 Å². The summed E-state index contributed by atoms with van der Waals surface area (Å²) >= 11 is 0. The van der Waals surface area contributed by atoms with Crippen molar-refractivity contribution < 1.29 is 13.3 Å². The van der Waals surface area contributed by atoms with Crippen molar-refractivity contribution in [3.63, 3.8) is 0 Å². The molecule has 0 aliphatic heterocycles. The lowest BCUT2D eigenvalue weighted by atomic mass is 10.3. The van der Waals surface area contributed by atoms with E-state index in [9.17, 15) is 0 Å². The highest BCUT2D eigenvalue weighted by Crippen LogP contribution is 2.19. The molecule has 0 aliphatic rings. The van der Waals surface area contributed by atoms with Crippen molar-refractivity contribution in [2.24, 2.45) is 17.2 Å². The maximum Gasteiger partial charge on any atom is 0.501 e. The van der Waals surface area contributed by atoms with Crippen molar-refractivity contribution in [2.45, 2.75) is 39.0 Å². The van der Waals surface area contributed by atoms with Crippen molar-refractivity contribution in [1.82, 2.24) is 0 Å². The molecule has 0 spiro atoms. The zero-order chi connectivity index (χ0) is 12.7. The lowest BCUT2D eigenvalue weighted by Crippen LogP contribution is -2.59. The Morgan fingerprint density at radius 3 is 1.50 bits per heavy atom. The molecule has 6 nitrogen and oxygen atoms in total. The van der Waals surface area contributed by atoms with Crippen LogP contribution in [0.5, 0.6) is 0 Å². The third kappa shape index (κ3) is 6.54. The van der Waals surface area contributed by atoms with Crippen LogP contribution in [-0.2, 0) is 13.3 Å². The maximum absolute atomic E-state index is 5.63. The van der Waals surface area contributed by atoms with Gasteiger partial charge in [-0.25, -0.2) is 0 Å². The Balaban J connectivity index is 4.46. The molecule has 0 radical (unpaired) electrons. The molecule has 6 N–H and O–H groups in total. The summed E-state index contributed by atoms with van der Waals surface area (Å²) in [7, 11) is -2.65. The minimum absolute atomic E-state index is 0.402. The second-order valence-electron chi connectivity index (χ2n) is 3.59. The first-order valence-electron chi connectivity index (χ1n) is 5.67. The van der Waals surface area contributed by atoms with Crippen LogP contribution < -0.4 is 17.2 Å². The van der Waals surface area contributed by atoms with Gasteiger partial charge in [0.1, 0.15) is 5.79 Å². The van der Waals surface area contributed by atoms with Crippen LogP contribution in [0.4, 0.5) is 0 Å². The van der Waals surface area contributed by atoms with E-state index in [2.05, 4.69) is 0 Å². The van der Waals surface area contributed by atoms with Gasteiger partial charge in [-0.2, -0.15) is 0 Å². The van der Waals surface area contributed by atoms with Crippen LogP contribution in [0.15, 0.2) is 0 Å². The van der Waals surface area contributed by atoms with Crippen molar-refractivity contribution in [2.75, 3.05) is 19.8 Å². The Bertz CT molecular complexity index is 170. The van der Waals surface area contributed by atoms with E-state index in [1.807, 2.05) is 20.8 Å². The molecule has 16 heavy (non-hydrogen) atoms. The van der Waals surface area contributed by atoms with Gasteiger partial charge in [-0.3, -0.25) is 0 Å². The summed E-state index contributed by atoms with van der Waals surface area (Å²) in [6.07, 6.45) is 0.402. The van der Waals surface area contributed by atoms with Crippen LogP contribution in [0, 0.1) is 0 Å². The van der Waals surface area contributed by atoms with E-state index >= 15 is 0 Å². The predicted molar refractivity (Wildman–Crippen MR) is 65.3 cm³/mol. The molecule has 0 saturated carbocycles. The second-order valence-corrected chi connectivity index (χ2v) is 6.33. The van der Waals surface area contributed by atoms with E-state index in [-0.39, 0.29) is 0 Å². The molecule has 0 aliphatic carbocycles. The van der Waals surface area contributed by atoms with Crippen molar-refractivity contribution in [1.29, 1.82) is 0 Å². The van der Waals surface area contributed by atoms with Crippen molar-refractivity contribution >= 4 is 8.80 Å². The fraction of sp³-hybridized carbons (Fsp3) is 1.00. The Hall–Kier alpha value is -0.0231.